The second-order valence-electron chi connectivity index (χ2n) is 3.94. The summed E-state index contributed by atoms with van der Waals surface area (Å²) in [4.78, 5) is 4.31. The van der Waals surface area contributed by atoms with Crippen molar-refractivity contribution in [2.24, 2.45) is 0 Å². The molecule has 0 atom stereocenters. The van der Waals surface area contributed by atoms with Crippen LogP contribution in [0, 0.1) is 0 Å². The molecule has 2 heteroatoms. The van der Waals surface area contributed by atoms with Crippen molar-refractivity contribution in [3.05, 3.63) is 60.8 Å². The van der Waals surface area contributed by atoms with Crippen molar-refractivity contribution in [3.63, 3.8) is 0 Å². The molecule has 0 amide bonds. The number of aromatic nitrogens is 1. The number of nitrogens with zero attached hydrogens (tertiary/aromatic N) is 1. The van der Waals surface area contributed by atoms with Crippen LogP contribution in [0.3, 0.4) is 0 Å². The highest BCUT2D eigenvalue weighted by Gasteiger charge is 2.03. The van der Waals surface area contributed by atoms with Gasteiger partial charge in [0.2, 0.25) is 0 Å². The molecule has 1 heterocycles. The molecule has 0 unspecified atom stereocenters. The van der Waals surface area contributed by atoms with Gasteiger partial charge in [-0.1, -0.05) is 42.5 Å². The van der Waals surface area contributed by atoms with E-state index in [4.69, 9.17) is 0 Å². The third kappa shape index (κ3) is 1.74. The van der Waals surface area contributed by atoms with E-state index in [2.05, 4.69) is 4.98 Å². The summed E-state index contributed by atoms with van der Waals surface area (Å²) in [6.07, 6.45) is 1.79. The second kappa shape index (κ2) is 3.91. The Kier molecular flexibility index (Phi) is 2.26. The van der Waals surface area contributed by atoms with Gasteiger partial charge in [0.1, 0.15) is 11.3 Å². The van der Waals surface area contributed by atoms with Gasteiger partial charge in [0, 0.05) is 17.1 Å². The van der Waals surface area contributed by atoms with Crippen LogP contribution >= 0.6 is 0 Å². The maximum Gasteiger partial charge on any atom is 0.141 e. The molecule has 0 saturated heterocycles. The summed E-state index contributed by atoms with van der Waals surface area (Å²) in [6, 6.07) is 17.6. The van der Waals surface area contributed by atoms with Crippen LogP contribution < -0.4 is 0 Å². The van der Waals surface area contributed by atoms with Crippen molar-refractivity contribution in [3.8, 4) is 16.9 Å². The fourth-order valence-corrected chi connectivity index (χ4v) is 1.93. The van der Waals surface area contributed by atoms with E-state index in [0.717, 1.165) is 16.5 Å². The second-order valence-corrected chi connectivity index (χ2v) is 3.94. The van der Waals surface area contributed by atoms with Crippen LogP contribution in [0.15, 0.2) is 60.8 Å². The Morgan fingerprint density at radius 2 is 1.65 bits per heavy atom. The standard InChI is InChI=1S/C15H11NO/c17-14-8-4-7-12-9-13(10-16-15(12)14)11-5-2-1-3-6-11/h1-10,17H. The highest BCUT2D eigenvalue weighted by Crippen LogP contribution is 2.26. The average molecular weight is 221 g/mol. The Hall–Kier alpha value is -2.35. The summed E-state index contributed by atoms with van der Waals surface area (Å²) in [7, 11) is 0. The first-order valence-electron chi connectivity index (χ1n) is 5.48. The molecule has 17 heavy (non-hydrogen) atoms. The molecule has 2 nitrogen and oxygen atoms in total. The molecule has 2 aromatic carbocycles. The number of fused-ring (bicyclic) bond motifs is 1. The quantitative estimate of drug-likeness (QED) is 0.681. The molecular formula is C15H11NO. The fourth-order valence-electron chi connectivity index (χ4n) is 1.93. The Morgan fingerprint density at radius 1 is 0.824 bits per heavy atom. The van der Waals surface area contributed by atoms with E-state index >= 15 is 0 Å². The zero-order valence-electron chi connectivity index (χ0n) is 9.17. The van der Waals surface area contributed by atoms with Crippen molar-refractivity contribution in [2.75, 3.05) is 0 Å². The van der Waals surface area contributed by atoms with Crippen LogP contribution in [0.4, 0.5) is 0 Å². The van der Waals surface area contributed by atoms with Crippen LogP contribution in [0.25, 0.3) is 22.0 Å². The number of pyridine rings is 1. The molecule has 0 radical (unpaired) electrons. The van der Waals surface area contributed by atoms with Crippen LogP contribution in [0.2, 0.25) is 0 Å². The summed E-state index contributed by atoms with van der Waals surface area (Å²) >= 11 is 0. The molecule has 0 aliphatic heterocycles. The first-order valence-corrected chi connectivity index (χ1v) is 5.48. The van der Waals surface area contributed by atoms with Crippen LogP contribution in [0.1, 0.15) is 0 Å². The summed E-state index contributed by atoms with van der Waals surface area (Å²) in [5, 5.41) is 10.6. The van der Waals surface area contributed by atoms with Crippen molar-refractivity contribution >= 4 is 10.9 Å². The molecule has 0 spiro atoms. The van der Waals surface area contributed by atoms with Gasteiger partial charge in [0.25, 0.3) is 0 Å². The van der Waals surface area contributed by atoms with Crippen LogP contribution in [0.5, 0.6) is 5.75 Å². The molecular weight excluding hydrogens is 210 g/mol. The SMILES string of the molecule is Oc1cccc2cc(-c3ccccc3)cnc12. The topological polar surface area (TPSA) is 33.1 Å². The lowest BCUT2D eigenvalue weighted by Gasteiger charge is -2.04. The fraction of sp³-hybridized carbons (Fsp3) is 0. The molecule has 0 aliphatic rings. The molecule has 1 N–H and O–H groups in total. The third-order valence-corrected chi connectivity index (χ3v) is 2.80. The van der Waals surface area contributed by atoms with Gasteiger partial charge < -0.3 is 5.11 Å². The number of hydrogen-bond acceptors (Lipinski definition) is 2. The van der Waals surface area contributed by atoms with Crippen molar-refractivity contribution in [1.82, 2.24) is 4.98 Å². The molecule has 0 aliphatic carbocycles. The summed E-state index contributed by atoms with van der Waals surface area (Å²) in [6.45, 7) is 0. The number of phenolic OH excluding ortho intramolecular Hbond substituents is 1. The van der Waals surface area contributed by atoms with Crippen molar-refractivity contribution < 1.29 is 5.11 Å². The normalized spacial score (nSPS) is 10.6. The molecule has 0 saturated carbocycles. The maximum atomic E-state index is 9.67. The van der Waals surface area contributed by atoms with Crippen molar-refractivity contribution in [2.45, 2.75) is 0 Å². The lowest BCUT2D eigenvalue weighted by atomic mass is 10.1. The summed E-state index contributed by atoms with van der Waals surface area (Å²) in [5.74, 6) is 0.224. The number of hydrogen-bond donors (Lipinski definition) is 1. The van der Waals surface area contributed by atoms with E-state index < -0.39 is 0 Å². The van der Waals surface area contributed by atoms with E-state index in [0.29, 0.717) is 5.52 Å². The van der Waals surface area contributed by atoms with E-state index in [1.807, 2.05) is 48.5 Å². The smallest absolute Gasteiger partial charge is 0.141 e. The highest BCUT2D eigenvalue weighted by molar-refractivity contribution is 5.87. The van der Waals surface area contributed by atoms with E-state index in [1.54, 1.807) is 12.3 Å². The van der Waals surface area contributed by atoms with Gasteiger partial charge in [-0.05, 0) is 17.7 Å². The number of aromatic hydroxyl groups is 1. The van der Waals surface area contributed by atoms with E-state index in [-0.39, 0.29) is 5.75 Å². The Morgan fingerprint density at radius 3 is 2.47 bits per heavy atom. The molecule has 0 bridgehead atoms. The number of para-hydroxylation sites is 1. The zero-order valence-corrected chi connectivity index (χ0v) is 9.17. The Labute approximate surface area is 99.2 Å². The van der Waals surface area contributed by atoms with Gasteiger partial charge in [0.15, 0.2) is 0 Å². The van der Waals surface area contributed by atoms with Gasteiger partial charge in [0.05, 0.1) is 0 Å². The number of benzene rings is 2. The van der Waals surface area contributed by atoms with Crippen LogP contribution in [-0.4, -0.2) is 10.1 Å². The van der Waals surface area contributed by atoms with E-state index in [9.17, 15) is 5.11 Å². The lowest BCUT2D eigenvalue weighted by molar-refractivity contribution is 0.480. The van der Waals surface area contributed by atoms with E-state index in [1.165, 1.54) is 0 Å². The minimum Gasteiger partial charge on any atom is -0.506 e. The lowest BCUT2D eigenvalue weighted by Crippen LogP contribution is -1.83. The summed E-state index contributed by atoms with van der Waals surface area (Å²) in [5.41, 5.74) is 2.83. The minimum absolute atomic E-state index is 0.224. The highest BCUT2D eigenvalue weighted by atomic mass is 16.3. The molecule has 0 fully saturated rings. The Bertz CT molecular complexity index is 662. The minimum atomic E-state index is 0.224. The van der Waals surface area contributed by atoms with Gasteiger partial charge in [-0.2, -0.15) is 0 Å². The third-order valence-electron chi connectivity index (χ3n) is 2.80. The first kappa shape index (κ1) is 9.85. The predicted molar refractivity (Wildman–Crippen MR) is 68.8 cm³/mol. The molecule has 3 aromatic rings. The largest absolute Gasteiger partial charge is 0.506 e. The summed E-state index contributed by atoms with van der Waals surface area (Å²) < 4.78 is 0. The molecule has 82 valence electrons. The van der Waals surface area contributed by atoms with Gasteiger partial charge in [-0.25, -0.2) is 0 Å². The Balaban J connectivity index is 2.21. The zero-order chi connectivity index (χ0) is 11.7. The van der Waals surface area contributed by atoms with Gasteiger partial charge in [-0.15, -0.1) is 0 Å². The first-order chi connectivity index (χ1) is 8.34. The number of rotatable bonds is 1. The maximum absolute atomic E-state index is 9.67. The monoisotopic (exact) mass is 221 g/mol. The van der Waals surface area contributed by atoms with Gasteiger partial charge >= 0.3 is 0 Å². The predicted octanol–water partition coefficient (Wildman–Crippen LogP) is 3.61. The molecule has 3 rings (SSSR count). The van der Waals surface area contributed by atoms with Crippen LogP contribution in [-0.2, 0) is 0 Å². The number of phenols is 1. The van der Waals surface area contributed by atoms with Gasteiger partial charge in [-0.3, -0.25) is 4.98 Å². The average Bonchev–Trinajstić information content (AvgIpc) is 2.40. The van der Waals surface area contributed by atoms with Crippen molar-refractivity contribution in [1.29, 1.82) is 0 Å². The molecule has 1 aromatic heterocycles.